The van der Waals surface area contributed by atoms with Crippen LogP contribution in [-0.2, 0) is 19.6 Å². The Kier molecular flexibility index (Phi) is 2.83. The molecule has 0 saturated heterocycles. The fourth-order valence-corrected chi connectivity index (χ4v) is 2.51. The number of hydrogen-bond donors (Lipinski definition) is 0. The van der Waals surface area contributed by atoms with E-state index >= 15 is 0 Å². The predicted molar refractivity (Wildman–Crippen MR) is 68.6 cm³/mol. The molecule has 3 heteroatoms. The number of rotatable bonds is 2. The smallest absolute Gasteiger partial charge is 0.129 e. The summed E-state index contributed by atoms with van der Waals surface area (Å²) in [6.45, 7) is 2.98. The molecule has 0 spiro atoms. The first-order chi connectivity index (χ1) is 8.31. The van der Waals surface area contributed by atoms with E-state index in [1.807, 2.05) is 12.1 Å². The average Bonchev–Trinajstić information content (AvgIpc) is 2.71. The first-order valence-corrected chi connectivity index (χ1v) is 6.08. The summed E-state index contributed by atoms with van der Waals surface area (Å²) in [5.41, 5.74) is 4.10. The molecule has 0 amide bonds. The van der Waals surface area contributed by atoms with Gasteiger partial charge < -0.3 is 0 Å². The Morgan fingerprint density at radius 2 is 1.82 bits per heavy atom. The van der Waals surface area contributed by atoms with Gasteiger partial charge in [0, 0.05) is 25.8 Å². The first kappa shape index (κ1) is 10.8. The summed E-state index contributed by atoms with van der Waals surface area (Å²) >= 11 is 5.89. The molecule has 0 saturated carbocycles. The van der Waals surface area contributed by atoms with Gasteiger partial charge in [0.15, 0.2) is 0 Å². The van der Waals surface area contributed by atoms with Crippen molar-refractivity contribution in [2.24, 2.45) is 0 Å². The van der Waals surface area contributed by atoms with E-state index in [-0.39, 0.29) is 0 Å². The van der Waals surface area contributed by atoms with Crippen LogP contribution in [0.1, 0.15) is 16.7 Å². The molecule has 0 unspecified atom stereocenters. The largest absolute Gasteiger partial charge is 0.291 e. The SMILES string of the molecule is Clc1cc(CN2Cc3ccccc3C2)ccn1. The van der Waals surface area contributed by atoms with Gasteiger partial charge in [-0.15, -0.1) is 0 Å². The first-order valence-electron chi connectivity index (χ1n) is 5.71. The Morgan fingerprint density at radius 1 is 1.12 bits per heavy atom. The van der Waals surface area contributed by atoms with Crippen LogP contribution in [0.4, 0.5) is 0 Å². The zero-order chi connectivity index (χ0) is 11.7. The van der Waals surface area contributed by atoms with Gasteiger partial charge in [0.1, 0.15) is 5.15 Å². The summed E-state index contributed by atoms with van der Waals surface area (Å²) in [4.78, 5) is 6.41. The Morgan fingerprint density at radius 3 is 2.47 bits per heavy atom. The summed E-state index contributed by atoms with van der Waals surface area (Å²) in [6.07, 6.45) is 1.76. The summed E-state index contributed by atoms with van der Waals surface area (Å²) < 4.78 is 0. The molecule has 1 aromatic heterocycles. The van der Waals surface area contributed by atoms with Crippen molar-refractivity contribution >= 4 is 11.6 Å². The van der Waals surface area contributed by atoms with Gasteiger partial charge in [-0.2, -0.15) is 0 Å². The molecule has 2 nitrogen and oxygen atoms in total. The standard InChI is InChI=1S/C14H13ClN2/c15-14-7-11(5-6-16-14)8-17-9-12-3-1-2-4-13(12)10-17/h1-7H,8-10H2. The van der Waals surface area contributed by atoms with Crippen molar-refractivity contribution in [3.63, 3.8) is 0 Å². The predicted octanol–water partition coefficient (Wildman–Crippen LogP) is 3.25. The van der Waals surface area contributed by atoms with Crippen LogP contribution in [0.15, 0.2) is 42.6 Å². The van der Waals surface area contributed by atoms with E-state index in [4.69, 9.17) is 11.6 Å². The molecule has 2 aromatic rings. The second-order valence-electron chi connectivity index (χ2n) is 4.40. The number of halogens is 1. The molecule has 0 bridgehead atoms. The molecule has 1 aliphatic rings. The van der Waals surface area contributed by atoms with Crippen LogP contribution in [0.25, 0.3) is 0 Å². The molecule has 3 rings (SSSR count). The highest BCUT2D eigenvalue weighted by Crippen LogP contribution is 2.24. The van der Waals surface area contributed by atoms with Crippen molar-refractivity contribution in [2.75, 3.05) is 0 Å². The van der Waals surface area contributed by atoms with Gasteiger partial charge in [-0.25, -0.2) is 4.98 Å². The molecule has 0 aliphatic carbocycles. The minimum absolute atomic E-state index is 0.569. The molecular formula is C14H13ClN2. The van der Waals surface area contributed by atoms with Crippen molar-refractivity contribution in [2.45, 2.75) is 19.6 Å². The molecule has 1 aliphatic heterocycles. The number of benzene rings is 1. The quantitative estimate of drug-likeness (QED) is 0.754. The average molecular weight is 245 g/mol. The van der Waals surface area contributed by atoms with Crippen LogP contribution >= 0.6 is 11.6 Å². The van der Waals surface area contributed by atoms with Crippen LogP contribution in [0.3, 0.4) is 0 Å². The second kappa shape index (κ2) is 4.47. The zero-order valence-corrected chi connectivity index (χ0v) is 10.2. The molecule has 86 valence electrons. The van der Waals surface area contributed by atoms with Gasteiger partial charge in [-0.1, -0.05) is 35.9 Å². The van der Waals surface area contributed by atoms with E-state index in [2.05, 4.69) is 34.1 Å². The maximum absolute atomic E-state index is 5.89. The van der Waals surface area contributed by atoms with Gasteiger partial charge in [-0.3, -0.25) is 4.90 Å². The van der Waals surface area contributed by atoms with Gasteiger partial charge in [-0.05, 0) is 28.8 Å². The van der Waals surface area contributed by atoms with Crippen molar-refractivity contribution in [3.8, 4) is 0 Å². The number of fused-ring (bicyclic) bond motifs is 1. The third-order valence-electron chi connectivity index (χ3n) is 3.10. The van der Waals surface area contributed by atoms with Gasteiger partial charge in [0.2, 0.25) is 0 Å². The zero-order valence-electron chi connectivity index (χ0n) is 9.44. The van der Waals surface area contributed by atoms with Crippen LogP contribution in [0.2, 0.25) is 5.15 Å². The van der Waals surface area contributed by atoms with Crippen molar-refractivity contribution in [1.29, 1.82) is 0 Å². The summed E-state index contributed by atoms with van der Waals surface area (Å²) in [6, 6.07) is 12.6. The Labute approximate surface area is 106 Å². The fourth-order valence-electron chi connectivity index (χ4n) is 2.31. The highest BCUT2D eigenvalue weighted by atomic mass is 35.5. The summed E-state index contributed by atoms with van der Waals surface area (Å²) in [5.74, 6) is 0. The van der Waals surface area contributed by atoms with E-state index in [0.717, 1.165) is 19.6 Å². The molecule has 0 radical (unpaired) electrons. The van der Waals surface area contributed by atoms with Crippen LogP contribution < -0.4 is 0 Å². The van der Waals surface area contributed by atoms with Gasteiger partial charge in [0.05, 0.1) is 0 Å². The molecular weight excluding hydrogens is 232 g/mol. The van der Waals surface area contributed by atoms with Crippen LogP contribution in [-0.4, -0.2) is 9.88 Å². The molecule has 0 fully saturated rings. The van der Waals surface area contributed by atoms with Crippen LogP contribution in [0.5, 0.6) is 0 Å². The third kappa shape index (κ3) is 2.33. The van der Waals surface area contributed by atoms with Crippen LogP contribution in [0, 0.1) is 0 Å². The number of pyridine rings is 1. The lowest BCUT2D eigenvalue weighted by molar-refractivity contribution is 0.275. The lowest BCUT2D eigenvalue weighted by Crippen LogP contribution is -2.15. The van der Waals surface area contributed by atoms with E-state index in [9.17, 15) is 0 Å². The number of nitrogens with zero attached hydrogens (tertiary/aromatic N) is 2. The van der Waals surface area contributed by atoms with Gasteiger partial charge in [0.25, 0.3) is 0 Å². The van der Waals surface area contributed by atoms with Gasteiger partial charge >= 0.3 is 0 Å². The van der Waals surface area contributed by atoms with E-state index in [1.54, 1.807) is 6.20 Å². The van der Waals surface area contributed by atoms with Crippen molar-refractivity contribution < 1.29 is 0 Å². The lowest BCUT2D eigenvalue weighted by Gasteiger charge is -2.14. The molecule has 17 heavy (non-hydrogen) atoms. The van der Waals surface area contributed by atoms with Crippen molar-refractivity contribution in [3.05, 3.63) is 64.4 Å². The lowest BCUT2D eigenvalue weighted by atomic mass is 10.1. The van der Waals surface area contributed by atoms with E-state index in [1.165, 1.54) is 16.7 Å². The monoisotopic (exact) mass is 244 g/mol. The minimum atomic E-state index is 0.569. The highest BCUT2D eigenvalue weighted by Gasteiger charge is 2.17. The summed E-state index contributed by atoms with van der Waals surface area (Å²) in [5, 5.41) is 0.569. The molecule has 0 atom stereocenters. The second-order valence-corrected chi connectivity index (χ2v) is 4.79. The molecule has 2 heterocycles. The maximum atomic E-state index is 5.89. The minimum Gasteiger partial charge on any atom is -0.291 e. The molecule has 0 N–H and O–H groups in total. The Bertz CT molecular complexity index is 514. The fraction of sp³-hybridized carbons (Fsp3) is 0.214. The highest BCUT2D eigenvalue weighted by molar-refractivity contribution is 6.29. The van der Waals surface area contributed by atoms with E-state index in [0.29, 0.717) is 5.15 Å². The van der Waals surface area contributed by atoms with E-state index < -0.39 is 0 Å². The number of aromatic nitrogens is 1. The summed E-state index contributed by atoms with van der Waals surface area (Å²) in [7, 11) is 0. The Hall–Kier alpha value is -1.38. The van der Waals surface area contributed by atoms with Crippen molar-refractivity contribution in [1.82, 2.24) is 9.88 Å². The third-order valence-corrected chi connectivity index (χ3v) is 3.31. The maximum Gasteiger partial charge on any atom is 0.129 e. The Balaban J connectivity index is 1.74. The number of hydrogen-bond acceptors (Lipinski definition) is 2. The topological polar surface area (TPSA) is 16.1 Å². The normalized spacial score (nSPS) is 14.9. The molecule has 1 aromatic carbocycles.